The number of anilines is 1. The van der Waals surface area contributed by atoms with Gasteiger partial charge in [0.1, 0.15) is 12.3 Å². The largest absolute Gasteiger partial charge is 0.482 e. The Labute approximate surface area is 156 Å². The van der Waals surface area contributed by atoms with E-state index in [0.717, 1.165) is 0 Å². The number of carboxylic acid groups (broad SMARTS) is 1. The van der Waals surface area contributed by atoms with E-state index >= 15 is 0 Å². The van der Waals surface area contributed by atoms with Crippen LogP contribution in [0, 0.1) is 5.92 Å². The van der Waals surface area contributed by atoms with Gasteiger partial charge in [-0.3, -0.25) is 19.3 Å². The Balaban J connectivity index is 1.79. The number of fused-ring (bicyclic) bond motifs is 1. The summed E-state index contributed by atoms with van der Waals surface area (Å²) in [5, 5.41) is 12.1. The van der Waals surface area contributed by atoms with Gasteiger partial charge in [0.15, 0.2) is 6.61 Å². The third-order valence-electron chi connectivity index (χ3n) is 4.47. The van der Waals surface area contributed by atoms with Crippen LogP contribution in [0.3, 0.4) is 0 Å². The second kappa shape index (κ2) is 7.90. The number of hydrogen-bond donors (Lipinski definition) is 2. The molecule has 0 aromatic heterocycles. The van der Waals surface area contributed by atoms with Crippen molar-refractivity contribution < 1.29 is 24.2 Å². The molecule has 2 amide bonds. The molecule has 2 atom stereocenters. The SMILES string of the molecule is CC(C(=O)O)C(NC(=O)CN1C(=O)COc2ccccc21)c1ccccc1. The van der Waals surface area contributed by atoms with E-state index in [1.165, 1.54) is 11.8 Å². The molecule has 2 aromatic rings. The van der Waals surface area contributed by atoms with E-state index in [-0.39, 0.29) is 19.1 Å². The summed E-state index contributed by atoms with van der Waals surface area (Å²) < 4.78 is 5.37. The average molecular weight is 368 g/mol. The van der Waals surface area contributed by atoms with Gasteiger partial charge in [0, 0.05) is 0 Å². The maximum Gasteiger partial charge on any atom is 0.308 e. The lowest BCUT2D eigenvalue weighted by Crippen LogP contribution is -2.46. The molecule has 0 saturated carbocycles. The van der Waals surface area contributed by atoms with Gasteiger partial charge in [-0.15, -0.1) is 0 Å². The molecule has 0 bridgehead atoms. The predicted octanol–water partition coefficient (Wildman–Crippen LogP) is 1.99. The van der Waals surface area contributed by atoms with Gasteiger partial charge in [0.05, 0.1) is 17.6 Å². The monoisotopic (exact) mass is 368 g/mol. The Kier molecular flexibility index (Phi) is 5.40. The molecule has 7 heteroatoms. The van der Waals surface area contributed by atoms with Gasteiger partial charge in [0.25, 0.3) is 5.91 Å². The minimum Gasteiger partial charge on any atom is -0.482 e. The summed E-state index contributed by atoms with van der Waals surface area (Å²) >= 11 is 0. The van der Waals surface area contributed by atoms with E-state index in [0.29, 0.717) is 17.0 Å². The molecule has 1 aliphatic rings. The van der Waals surface area contributed by atoms with E-state index < -0.39 is 23.8 Å². The van der Waals surface area contributed by atoms with E-state index in [1.807, 2.05) is 6.07 Å². The normalized spacial score (nSPS) is 15.3. The molecule has 1 aliphatic heterocycles. The average Bonchev–Trinajstić information content (AvgIpc) is 2.68. The Morgan fingerprint density at radius 2 is 1.81 bits per heavy atom. The van der Waals surface area contributed by atoms with Crippen molar-refractivity contribution in [2.24, 2.45) is 5.92 Å². The van der Waals surface area contributed by atoms with Crippen LogP contribution >= 0.6 is 0 Å². The van der Waals surface area contributed by atoms with Crippen LogP contribution in [0.1, 0.15) is 18.5 Å². The number of benzene rings is 2. The lowest BCUT2D eigenvalue weighted by Gasteiger charge is -2.30. The lowest BCUT2D eigenvalue weighted by atomic mass is 9.94. The van der Waals surface area contributed by atoms with E-state index in [9.17, 15) is 19.5 Å². The Bertz CT molecular complexity index is 852. The van der Waals surface area contributed by atoms with Gasteiger partial charge in [-0.1, -0.05) is 42.5 Å². The summed E-state index contributed by atoms with van der Waals surface area (Å²) in [5.41, 5.74) is 1.21. The molecule has 0 spiro atoms. The first-order valence-corrected chi connectivity index (χ1v) is 8.56. The number of para-hydroxylation sites is 2. The van der Waals surface area contributed by atoms with Crippen molar-refractivity contribution in [2.45, 2.75) is 13.0 Å². The van der Waals surface area contributed by atoms with Crippen LogP contribution in [0.4, 0.5) is 5.69 Å². The van der Waals surface area contributed by atoms with Crippen LogP contribution in [0.15, 0.2) is 54.6 Å². The molecular weight excluding hydrogens is 348 g/mol. The van der Waals surface area contributed by atoms with Crippen LogP contribution in [-0.4, -0.2) is 36.0 Å². The van der Waals surface area contributed by atoms with Gasteiger partial charge in [0.2, 0.25) is 5.91 Å². The fourth-order valence-corrected chi connectivity index (χ4v) is 2.99. The van der Waals surface area contributed by atoms with Crippen molar-refractivity contribution in [2.75, 3.05) is 18.1 Å². The number of carbonyl (C=O) groups excluding carboxylic acids is 2. The van der Waals surface area contributed by atoms with Crippen molar-refractivity contribution in [1.29, 1.82) is 0 Å². The first-order valence-electron chi connectivity index (χ1n) is 8.56. The highest BCUT2D eigenvalue weighted by atomic mass is 16.5. The minimum atomic E-state index is -1.02. The first-order chi connectivity index (χ1) is 13.0. The number of nitrogens with zero attached hydrogens (tertiary/aromatic N) is 1. The highest BCUT2D eigenvalue weighted by molar-refractivity contribution is 6.02. The molecule has 140 valence electrons. The van der Waals surface area contributed by atoms with Crippen molar-refractivity contribution in [3.63, 3.8) is 0 Å². The van der Waals surface area contributed by atoms with Gasteiger partial charge in [-0.25, -0.2) is 0 Å². The van der Waals surface area contributed by atoms with Gasteiger partial charge in [-0.2, -0.15) is 0 Å². The molecule has 2 N–H and O–H groups in total. The number of aliphatic carboxylic acids is 1. The molecule has 7 nitrogen and oxygen atoms in total. The number of carboxylic acids is 1. The number of ether oxygens (including phenoxy) is 1. The second-order valence-electron chi connectivity index (χ2n) is 6.32. The molecular formula is C20H20N2O5. The fraction of sp³-hybridized carbons (Fsp3) is 0.250. The zero-order valence-corrected chi connectivity index (χ0v) is 14.8. The topological polar surface area (TPSA) is 95.9 Å². The van der Waals surface area contributed by atoms with Gasteiger partial charge >= 0.3 is 5.97 Å². The molecule has 0 aliphatic carbocycles. The van der Waals surface area contributed by atoms with Crippen LogP contribution in [0.25, 0.3) is 0 Å². The summed E-state index contributed by atoms with van der Waals surface area (Å²) in [5.74, 6) is -2.09. The molecule has 2 aromatic carbocycles. The summed E-state index contributed by atoms with van der Waals surface area (Å²) in [6, 6.07) is 15.2. The smallest absolute Gasteiger partial charge is 0.308 e. The molecule has 0 saturated heterocycles. The zero-order valence-electron chi connectivity index (χ0n) is 14.8. The maximum atomic E-state index is 12.6. The van der Waals surface area contributed by atoms with E-state index in [2.05, 4.69) is 5.32 Å². The van der Waals surface area contributed by atoms with Gasteiger partial charge < -0.3 is 15.2 Å². The molecule has 0 radical (unpaired) electrons. The molecule has 1 heterocycles. The third-order valence-corrected chi connectivity index (χ3v) is 4.47. The summed E-state index contributed by atoms with van der Waals surface area (Å²) in [6.45, 7) is 1.18. The second-order valence-corrected chi connectivity index (χ2v) is 6.32. The van der Waals surface area contributed by atoms with Crippen LogP contribution < -0.4 is 15.0 Å². The standard InChI is InChI=1S/C20H20N2O5/c1-13(20(25)26)19(14-7-3-2-4-8-14)21-17(23)11-22-15-9-5-6-10-16(15)27-12-18(22)24/h2-10,13,19H,11-12H2,1H3,(H,21,23)(H,25,26). The summed E-state index contributed by atoms with van der Waals surface area (Å²) in [4.78, 5) is 37.7. The van der Waals surface area contributed by atoms with Gasteiger partial charge in [-0.05, 0) is 24.6 Å². The molecule has 3 rings (SSSR count). The van der Waals surface area contributed by atoms with E-state index in [4.69, 9.17) is 4.74 Å². The Morgan fingerprint density at radius 3 is 2.52 bits per heavy atom. The van der Waals surface area contributed by atoms with E-state index in [1.54, 1.807) is 48.5 Å². The lowest BCUT2D eigenvalue weighted by molar-refractivity contribution is -0.142. The molecule has 27 heavy (non-hydrogen) atoms. The number of nitrogens with one attached hydrogen (secondary N) is 1. The minimum absolute atomic E-state index is 0.141. The van der Waals surface area contributed by atoms with Crippen molar-refractivity contribution in [3.05, 3.63) is 60.2 Å². The molecule has 2 unspecified atom stereocenters. The highest BCUT2D eigenvalue weighted by Gasteiger charge is 2.30. The first kappa shape index (κ1) is 18.4. The Morgan fingerprint density at radius 1 is 1.15 bits per heavy atom. The number of carbonyl (C=O) groups is 3. The highest BCUT2D eigenvalue weighted by Crippen LogP contribution is 2.31. The fourth-order valence-electron chi connectivity index (χ4n) is 2.99. The number of rotatable bonds is 6. The van der Waals surface area contributed by atoms with Crippen LogP contribution in [0.2, 0.25) is 0 Å². The zero-order chi connectivity index (χ0) is 19.4. The van der Waals surface area contributed by atoms with Crippen LogP contribution in [0.5, 0.6) is 5.75 Å². The summed E-state index contributed by atoms with van der Waals surface area (Å²) in [7, 11) is 0. The molecule has 0 fully saturated rings. The predicted molar refractivity (Wildman–Crippen MR) is 98.4 cm³/mol. The maximum absolute atomic E-state index is 12.6. The Hall–Kier alpha value is -3.35. The van der Waals surface area contributed by atoms with Crippen molar-refractivity contribution in [3.8, 4) is 5.75 Å². The van der Waals surface area contributed by atoms with Crippen molar-refractivity contribution >= 4 is 23.5 Å². The quantitative estimate of drug-likeness (QED) is 0.813. The number of amides is 2. The van der Waals surface area contributed by atoms with Crippen LogP contribution in [-0.2, 0) is 14.4 Å². The number of hydrogen-bond acceptors (Lipinski definition) is 4. The summed E-state index contributed by atoms with van der Waals surface area (Å²) in [6.07, 6.45) is 0. The van der Waals surface area contributed by atoms with Crippen molar-refractivity contribution in [1.82, 2.24) is 5.32 Å². The third kappa shape index (κ3) is 4.08.